The van der Waals surface area contributed by atoms with Gasteiger partial charge in [0.15, 0.2) is 0 Å². The molecule has 0 aromatic rings. The van der Waals surface area contributed by atoms with Crippen molar-refractivity contribution < 1.29 is 4.79 Å². The molecule has 0 heterocycles. The Bertz CT molecular complexity index is 141. The Hall–Kier alpha value is -0.370. The highest BCUT2D eigenvalue weighted by Crippen LogP contribution is 2.22. The van der Waals surface area contributed by atoms with Crippen LogP contribution >= 0.6 is 0 Å². The molecular weight excluding hydrogens is 150 g/mol. The van der Waals surface area contributed by atoms with Crippen LogP contribution in [-0.4, -0.2) is 30.3 Å². The van der Waals surface area contributed by atoms with E-state index in [1.807, 2.05) is 6.92 Å². The predicted molar refractivity (Wildman–Crippen MR) is 50.2 cm³/mol. The van der Waals surface area contributed by atoms with Gasteiger partial charge in [-0.2, -0.15) is 0 Å². The van der Waals surface area contributed by atoms with Crippen LogP contribution in [0.15, 0.2) is 0 Å². The van der Waals surface area contributed by atoms with Crippen molar-refractivity contribution in [1.29, 1.82) is 0 Å². The molecule has 12 heavy (non-hydrogen) atoms. The zero-order valence-electron chi connectivity index (χ0n) is 8.12. The first-order chi connectivity index (χ1) is 5.75. The van der Waals surface area contributed by atoms with E-state index in [9.17, 15) is 4.79 Å². The summed E-state index contributed by atoms with van der Waals surface area (Å²) in [5.74, 6) is 0. The average molecular weight is 169 g/mol. The van der Waals surface area contributed by atoms with Gasteiger partial charge >= 0.3 is 0 Å². The molecule has 2 heteroatoms. The van der Waals surface area contributed by atoms with E-state index >= 15 is 0 Å². The highest BCUT2D eigenvalue weighted by molar-refractivity contribution is 5.56. The van der Waals surface area contributed by atoms with Gasteiger partial charge < -0.3 is 4.79 Å². The van der Waals surface area contributed by atoms with Crippen LogP contribution in [0.4, 0.5) is 0 Å². The fourth-order valence-electron chi connectivity index (χ4n) is 1.92. The van der Waals surface area contributed by atoms with E-state index in [1.165, 1.54) is 32.1 Å². The van der Waals surface area contributed by atoms with Crippen LogP contribution in [-0.2, 0) is 4.79 Å². The standard InChI is InChI=1S/C10H19NO/c1-9(8-12)11(2)10-6-4-3-5-7-10/h8-10H,3-7H2,1-2H3/t9-/m0/s1. The van der Waals surface area contributed by atoms with Crippen molar-refractivity contribution in [3.8, 4) is 0 Å². The number of carbonyl (C=O) groups is 1. The van der Waals surface area contributed by atoms with Crippen LogP contribution in [0.25, 0.3) is 0 Å². The molecule has 1 aliphatic carbocycles. The summed E-state index contributed by atoms with van der Waals surface area (Å²) in [7, 11) is 2.06. The van der Waals surface area contributed by atoms with E-state index in [0.717, 1.165) is 6.29 Å². The van der Waals surface area contributed by atoms with Crippen LogP contribution in [0, 0.1) is 0 Å². The number of hydrogen-bond donors (Lipinski definition) is 0. The van der Waals surface area contributed by atoms with Gasteiger partial charge in [0.1, 0.15) is 6.29 Å². The molecule has 2 nitrogen and oxygen atoms in total. The molecular formula is C10H19NO. The minimum Gasteiger partial charge on any atom is -0.302 e. The fourth-order valence-corrected chi connectivity index (χ4v) is 1.92. The molecule has 0 spiro atoms. The smallest absolute Gasteiger partial charge is 0.136 e. The molecule has 0 radical (unpaired) electrons. The van der Waals surface area contributed by atoms with Crippen LogP contribution in [0.5, 0.6) is 0 Å². The molecule has 70 valence electrons. The van der Waals surface area contributed by atoms with Crippen molar-refractivity contribution in [2.45, 2.75) is 51.1 Å². The van der Waals surface area contributed by atoms with Crippen molar-refractivity contribution in [2.24, 2.45) is 0 Å². The number of hydrogen-bond acceptors (Lipinski definition) is 2. The van der Waals surface area contributed by atoms with E-state index in [4.69, 9.17) is 0 Å². The largest absolute Gasteiger partial charge is 0.302 e. The lowest BCUT2D eigenvalue weighted by Gasteiger charge is -2.33. The third-order valence-electron chi connectivity index (χ3n) is 2.99. The van der Waals surface area contributed by atoms with Gasteiger partial charge in [-0.15, -0.1) is 0 Å². The fraction of sp³-hybridized carbons (Fsp3) is 0.900. The third kappa shape index (κ3) is 2.31. The monoisotopic (exact) mass is 169 g/mol. The molecule has 0 amide bonds. The summed E-state index contributed by atoms with van der Waals surface area (Å²) in [5.41, 5.74) is 0. The Morgan fingerprint density at radius 2 is 1.92 bits per heavy atom. The van der Waals surface area contributed by atoms with Crippen LogP contribution in [0.3, 0.4) is 0 Å². The topological polar surface area (TPSA) is 20.3 Å². The summed E-state index contributed by atoms with van der Waals surface area (Å²) in [5, 5.41) is 0. The van der Waals surface area contributed by atoms with E-state index in [-0.39, 0.29) is 6.04 Å². The first-order valence-electron chi connectivity index (χ1n) is 4.93. The number of nitrogens with zero attached hydrogens (tertiary/aromatic N) is 1. The molecule has 1 rings (SSSR count). The lowest BCUT2D eigenvalue weighted by molar-refractivity contribution is -0.112. The van der Waals surface area contributed by atoms with Crippen molar-refractivity contribution in [2.75, 3.05) is 7.05 Å². The highest BCUT2D eigenvalue weighted by Gasteiger charge is 2.20. The summed E-state index contributed by atoms with van der Waals surface area (Å²) in [6.45, 7) is 1.97. The Balaban J connectivity index is 2.38. The second-order valence-corrected chi connectivity index (χ2v) is 3.83. The van der Waals surface area contributed by atoms with Crippen LogP contribution in [0.2, 0.25) is 0 Å². The van der Waals surface area contributed by atoms with Gasteiger partial charge in [0.25, 0.3) is 0 Å². The zero-order chi connectivity index (χ0) is 8.97. The van der Waals surface area contributed by atoms with E-state index in [1.54, 1.807) is 0 Å². The van der Waals surface area contributed by atoms with Crippen molar-refractivity contribution >= 4 is 6.29 Å². The molecule has 1 saturated carbocycles. The second-order valence-electron chi connectivity index (χ2n) is 3.83. The van der Waals surface area contributed by atoms with Gasteiger partial charge in [0, 0.05) is 6.04 Å². The van der Waals surface area contributed by atoms with Gasteiger partial charge in [-0.05, 0) is 26.8 Å². The maximum absolute atomic E-state index is 10.5. The summed E-state index contributed by atoms with van der Waals surface area (Å²) >= 11 is 0. The minimum atomic E-state index is 0.0908. The second kappa shape index (κ2) is 4.61. The normalized spacial score (nSPS) is 22.6. The molecule has 0 unspecified atom stereocenters. The lowest BCUT2D eigenvalue weighted by atomic mass is 9.94. The summed E-state index contributed by atoms with van der Waals surface area (Å²) < 4.78 is 0. The molecule has 0 N–H and O–H groups in total. The lowest BCUT2D eigenvalue weighted by Crippen LogP contribution is -2.40. The van der Waals surface area contributed by atoms with Gasteiger partial charge in [-0.1, -0.05) is 19.3 Å². The number of carbonyl (C=O) groups excluding carboxylic acids is 1. The molecule has 0 aromatic carbocycles. The van der Waals surface area contributed by atoms with Crippen molar-refractivity contribution in [1.82, 2.24) is 4.90 Å². The molecule has 0 saturated heterocycles. The molecule has 1 atom stereocenters. The van der Waals surface area contributed by atoms with Gasteiger partial charge in [0.05, 0.1) is 6.04 Å². The molecule has 1 fully saturated rings. The van der Waals surface area contributed by atoms with E-state index in [0.29, 0.717) is 6.04 Å². The summed E-state index contributed by atoms with van der Waals surface area (Å²) in [6, 6.07) is 0.743. The highest BCUT2D eigenvalue weighted by atomic mass is 16.1. The minimum absolute atomic E-state index is 0.0908. The molecule has 0 aliphatic heterocycles. The quantitative estimate of drug-likeness (QED) is 0.601. The van der Waals surface area contributed by atoms with Crippen LogP contribution < -0.4 is 0 Å². The number of likely N-dealkylation sites (N-methyl/N-ethyl adjacent to an activating group) is 1. The third-order valence-corrected chi connectivity index (χ3v) is 2.99. The van der Waals surface area contributed by atoms with Gasteiger partial charge in [-0.25, -0.2) is 0 Å². The van der Waals surface area contributed by atoms with Crippen LogP contribution in [0.1, 0.15) is 39.0 Å². The molecule has 1 aliphatic rings. The maximum Gasteiger partial charge on any atom is 0.136 e. The first kappa shape index (κ1) is 9.72. The van der Waals surface area contributed by atoms with E-state index in [2.05, 4.69) is 11.9 Å². The predicted octanol–water partition coefficient (Wildman–Crippen LogP) is 1.84. The van der Waals surface area contributed by atoms with E-state index < -0.39 is 0 Å². The van der Waals surface area contributed by atoms with Gasteiger partial charge in [-0.3, -0.25) is 4.90 Å². The SMILES string of the molecule is C[C@@H](C=O)N(C)C1CCCCC1. The Morgan fingerprint density at radius 1 is 1.33 bits per heavy atom. The molecule has 0 bridgehead atoms. The number of aldehydes is 1. The molecule has 0 aromatic heterocycles. The summed E-state index contributed by atoms with van der Waals surface area (Å²) in [6.07, 6.45) is 7.62. The van der Waals surface area contributed by atoms with Crippen molar-refractivity contribution in [3.63, 3.8) is 0 Å². The Kier molecular flexibility index (Phi) is 3.73. The number of rotatable bonds is 3. The zero-order valence-corrected chi connectivity index (χ0v) is 8.12. The van der Waals surface area contributed by atoms with Crippen molar-refractivity contribution in [3.05, 3.63) is 0 Å². The average Bonchev–Trinajstić information content (AvgIpc) is 2.17. The Morgan fingerprint density at radius 3 is 2.42 bits per heavy atom. The van der Waals surface area contributed by atoms with Gasteiger partial charge in [0.2, 0.25) is 0 Å². The first-order valence-corrected chi connectivity index (χ1v) is 4.93. The summed E-state index contributed by atoms with van der Waals surface area (Å²) in [4.78, 5) is 12.8. The maximum atomic E-state index is 10.5. The Labute approximate surface area is 74.9 Å².